The van der Waals surface area contributed by atoms with Crippen LogP contribution in [0.4, 0.5) is 0 Å². The summed E-state index contributed by atoms with van der Waals surface area (Å²) in [6.07, 6.45) is 3.83. The molecule has 0 aliphatic rings. The highest BCUT2D eigenvalue weighted by atomic mass is 32.2. The number of ketones is 1. The summed E-state index contributed by atoms with van der Waals surface area (Å²) in [5.74, 6) is -1.97. The number of thiazole rings is 1. The number of nitrogens with one attached hydrogen (secondary N) is 3. The average Bonchev–Trinajstić information content (AvgIpc) is 3.59. The van der Waals surface area contributed by atoms with Gasteiger partial charge in [0, 0.05) is 18.1 Å². The number of rotatable bonds is 21. The minimum atomic E-state index is -3.96. The van der Waals surface area contributed by atoms with Crippen LogP contribution in [0, 0.1) is 0 Å². The van der Waals surface area contributed by atoms with E-state index < -0.39 is 40.0 Å². The van der Waals surface area contributed by atoms with E-state index in [0.29, 0.717) is 18.4 Å². The number of sulfonamides is 1. The largest absolute Gasteiger partial charge is 0.370 e. The second kappa shape index (κ2) is 19.6. The molecule has 15 heteroatoms. The Balaban J connectivity index is 1.83. The molecule has 3 atom stereocenters. The summed E-state index contributed by atoms with van der Waals surface area (Å²) in [5.41, 5.74) is 12.2. The molecule has 0 radical (unpaired) electrons. The van der Waals surface area contributed by atoms with Gasteiger partial charge < -0.3 is 27.0 Å². The van der Waals surface area contributed by atoms with Crippen LogP contribution in [0.25, 0.3) is 0 Å². The minimum Gasteiger partial charge on any atom is -0.370 e. The minimum absolute atomic E-state index is 0.0611. The van der Waals surface area contributed by atoms with Gasteiger partial charge in [-0.05, 0) is 70.3 Å². The van der Waals surface area contributed by atoms with E-state index in [2.05, 4.69) is 25.3 Å². The second-order valence-electron chi connectivity index (χ2n) is 11.7. The van der Waals surface area contributed by atoms with E-state index >= 15 is 0 Å². The van der Waals surface area contributed by atoms with Crippen LogP contribution >= 0.6 is 11.3 Å². The molecule has 2 aromatic carbocycles. The zero-order chi connectivity index (χ0) is 34.9. The number of Topliss-reactive ketones (excluding diaryl/α,β-unsaturated/α-hetero) is 1. The van der Waals surface area contributed by atoms with E-state index in [9.17, 15) is 22.8 Å². The van der Waals surface area contributed by atoms with E-state index in [0.717, 1.165) is 29.9 Å². The summed E-state index contributed by atoms with van der Waals surface area (Å²) in [4.78, 5) is 51.1. The molecular formula is C33H46N8O5S2. The standard InChI is InChI=1S/C33H46N8O5S2/c1-41(2)20-10-9-16-27(30(43)38-26(17-11-18-37-33(34)35)29(42)32-36-19-21-47-32)39-31(44)28(22-24-12-5-3-6-13-24)40-48(45,46)23-25-14-7-4-8-15-25/h3-8,12-15,19,21,26-28,40H,9-11,16-18,20,22-23H2,1-2H3,(H,38,43)(H,39,44)(H4,34,35,37)/t26-,27-,28+/m0/s1. The third kappa shape index (κ3) is 13.9. The number of hydrogen-bond donors (Lipinski definition) is 5. The molecular weight excluding hydrogens is 653 g/mol. The van der Waals surface area contributed by atoms with Gasteiger partial charge in [-0.3, -0.25) is 19.4 Å². The Kier molecular flexibility index (Phi) is 15.6. The van der Waals surface area contributed by atoms with Crippen molar-refractivity contribution in [1.29, 1.82) is 0 Å². The lowest BCUT2D eigenvalue weighted by Gasteiger charge is -2.25. The van der Waals surface area contributed by atoms with Crippen molar-refractivity contribution in [3.63, 3.8) is 0 Å². The van der Waals surface area contributed by atoms with Crippen LogP contribution in [0.2, 0.25) is 0 Å². The van der Waals surface area contributed by atoms with Crippen LogP contribution in [0.15, 0.2) is 77.2 Å². The summed E-state index contributed by atoms with van der Waals surface area (Å²) >= 11 is 1.16. The Labute approximate surface area is 286 Å². The normalized spacial score (nSPS) is 13.3. The van der Waals surface area contributed by atoms with Crippen molar-refractivity contribution in [2.45, 2.75) is 62.4 Å². The van der Waals surface area contributed by atoms with E-state index in [-0.39, 0.29) is 48.3 Å². The summed E-state index contributed by atoms with van der Waals surface area (Å²) in [5, 5.41) is 7.54. The second-order valence-corrected chi connectivity index (χ2v) is 14.3. The fourth-order valence-electron chi connectivity index (χ4n) is 4.95. The molecule has 0 aliphatic heterocycles. The molecule has 2 amide bonds. The maximum atomic E-state index is 13.9. The number of aromatic nitrogens is 1. The van der Waals surface area contributed by atoms with E-state index in [1.54, 1.807) is 60.0 Å². The van der Waals surface area contributed by atoms with E-state index in [1.165, 1.54) is 6.20 Å². The van der Waals surface area contributed by atoms with Crippen LogP contribution in [0.3, 0.4) is 0 Å². The Hall–Kier alpha value is -4.18. The lowest BCUT2D eigenvalue weighted by atomic mass is 10.0. The first kappa shape index (κ1) is 38.3. The van der Waals surface area contributed by atoms with Crippen LogP contribution < -0.4 is 26.8 Å². The number of carbonyl (C=O) groups excluding carboxylic acids is 3. The lowest BCUT2D eigenvalue weighted by Crippen LogP contribution is -2.56. The quantitative estimate of drug-likeness (QED) is 0.0476. The van der Waals surface area contributed by atoms with Crippen molar-refractivity contribution in [1.82, 2.24) is 25.2 Å². The van der Waals surface area contributed by atoms with Crippen molar-refractivity contribution < 1.29 is 22.8 Å². The predicted molar refractivity (Wildman–Crippen MR) is 189 cm³/mol. The number of amides is 2. The van der Waals surface area contributed by atoms with Gasteiger partial charge >= 0.3 is 0 Å². The summed E-state index contributed by atoms with van der Waals surface area (Å²) in [6, 6.07) is 14.5. The first-order valence-electron chi connectivity index (χ1n) is 15.8. The fraction of sp³-hybridized carbons (Fsp3) is 0.424. The van der Waals surface area contributed by atoms with Crippen molar-refractivity contribution in [2.24, 2.45) is 16.5 Å². The SMILES string of the molecule is CN(C)CCCC[C@H](NC(=O)[C@@H](Cc1ccccc1)NS(=O)(=O)Cc1ccccc1)C(=O)N[C@@H](CCCN=C(N)N)C(=O)c1nccs1. The highest BCUT2D eigenvalue weighted by Crippen LogP contribution is 2.14. The molecule has 0 spiro atoms. The number of guanidine groups is 1. The molecule has 260 valence electrons. The number of unbranched alkanes of at least 4 members (excludes halogenated alkanes) is 1. The topological polar surface area (TPSA) is 202 Å². The molecule has 3 aromatic rings. The Morgan fingerprint density at radius 2 is 1.46 bits per heavy atom. The van der Waals surface area contributed by atoms with Gasteiger partial charge in [-0.15, -0.1) is 11.3 Å². The van der Waals surface area contributed by atoms with Crippen LogP contribution in [-0.4, -0.2) is 87.2 Å². The van der Waals surface area contributed by atoms with Gasteiger partial charge in [0.15, 0.2) is 11.0 Å². The smallest absolute Gasteiger partial charge is 0.243 e. The highest BCUT2D eigenvalue weighted by molar-refractivity contribution is 7.88. The molecule has 1 heterocycles. The maximum absolute atomic E-state index is 13.9. The Bertz CT molecular complexity index is 1570. The first-order valence-corrected chi connectivity index (χ1v) is 18.3. The maximum Gasteiger partial charge on any atom is 0.243 e. The van der Waals surface area contributed by atoms with Gasteiger partial charge in [0.2, 0.25) is 27.6 Å². The van der Waals surface area contributed by atoms with Gasteiger partial charge in [0.1, 0.15) is 12.1 Å². The van der Waals surface area contributed by atoms with Crippen molar-refractivity contribution >= 4 is 44.9 Å². The molecule has 0 bridgehead atoms. The highest BCUT2D eigenvalue weighted by Gasteiger charge is 2.31. The summed E-state index contributed by atoms with van der Waals surface area (Å²) in [7, 11) is -0.0690. The van der Waals surface area contributed by atoms with Gasteiger partial charge in [0.05, 0.1) is 11.8 Å². The summed E-state index contributed by atoms with van der Waals surface area (Å²) in [6.45, 7) is 1.03. The number of nitrogens with zero attached hydrogens (tertiary/aromatic N) is 3. The third-order valence-corrected chi connectivity index (χ3v) is 9.47. The van der Waals surface area contributed by atoms with E-state index in [1.807, 2.05) is 25.1 Å². The number of hydrogen-bond acceptors (Lipinski definition) is 9. The van der Waals surface area contributed by atoms with Gasteiger partial charge in [-0.25, -0.2) is 18.1 Å². The number of carbonyl (C=O) groups is 3. The van der Waals surface area contributed by atoms with Crippen molar-refractivity contribution in [3.8, 4) is 0 Å². The van der Waals surface area contributed by atoms with Gasteiger partial charge in [0.25, 0.3) is 0 Å². The number of nitrogens with two attached hydrogens (primary N) is 2. The van der Waals surface area contributed by atoms with Crippen molar-refractivity contribution in [2.75, 3.05) is 27.2 Å². The monoisotopic (exact) mass is 698 g/mol. The molecule has 0 saturated heterocycles. The average molecular weight is 699 g/mol. The van der Waals surface area contributed by atoms with Crippen LogP contribution in [0.5, 0.6) is 0 Å². The molecule has 48 heavy (non-hydrogen) atoms. The number of benzene rings is 2. The van der Waals surface area contributed by atoms with Crippen LogP contribution in [0.1, 0.15) is 53.0 Å². The zero-order valence-electron chi connectivity index (χ0n) is 27.4. The summed E-state index contributed by atoms with van der Waals surface area (Å²) < 4.78 is 29.1. The molecule has 0 unspecified atom stereocenters. The Morgan fingerprint density at radius 1 is 0.854 bits per heavy atom. The lowest BCUT2D eigenvalue weighted by molar-refractivity contribution is -0.130. The molecule has 13 nitrogen and oxygen atoms in total. The molecule has 0 saturated carbocycles. The fourth-order valence-corrected chi connectivity index (χ4v) is 6.92. The van der Waals surface area contributed by atoms with E-state index in [4.69, 9.17) is 11.5 Å². The molecule has 0 aliphatic carbocycles. The van der Waals surface area contributed by atoms with Gasteiger partial charge in [-0.2, -0.15) is 0 Å². The third-order valence-electron chi connectivity index (χ3n) is 7.32. The van der Waals surface area contributed by atoms with Crippen molar-refractivity contribution in [3.05, 3.63) is 88.4 Å². The Morgan fingerprint density at radius 3 is 2.06 bits per heavy atom. The van der Waals surface area contributed by atoms with Gasteiger partial charge in [-0.1, -0.05) is 60.7 Å². The molecule has 0 fully saturated rings. The predicted octanol–water partition coefficient (Wildman–Crippen LogP) is 1.81. The first-order chi connectivity index (χ1) is 22.9. The zero-order valence-corrected chi connectivity index (χ0v) is 29.0. The van der Waals surface area contributed by atoms with Crippen LogP contribution in [-0.2, 0) is 31.8 Å². The number of aliphatic imine (C=N–C) groups is 1. The molecule has 7 N–H and O–H groups in total. The molecule has 3 rings (SSSR count). The molecule has 1 aromatic heterocycles.